The van der Waals surface area contributed by atoms with Crippen LogP contribution in [0, 0.1) is 0 Å². The Labute approximate surface area is 99.6 Å². The van der Waals surface area contributed by atoms with Crippen LogP contribution in [0.25, 0.3) is 10.0 Å². The van der Waals surface area contributed by atoms with Crippen LogP contribution < -0.4 is 5.73 Å². The standard InChI is InChI=1S/C12H11NO2Se/c1-15-12(14)9-7-10(16-11(9)13)8-5-3-2-4-6-8/h2-7H,13H2,1H3. The SMILES string of the molecule is COC(=O)c1cc(-c2ccccc2)[se]c1N. The van der Waals surface area contributed by atoms with Gasteiger partial charge in [-0.05, 0) is 0 Å². The summed E-state index contributed by atoms with van der Waals surface area (Å²) in [7, 11) is 1.37. The van der Waals surface area contributed by atoms with Crippen molar-refractivity contribution >= 4 is 25.0 Å². The van der Waals surface area contributed by atoms with Crippen LogP contribution in [-0.4, -0.2) is 27.6 Å². The second kappa shape index (κ2) is 4.56. The van der Waals surface area contributed by atoms with Crippen LogP contribution in [0.4, 0.5) is 4.56 Å². The third-order valence-electron chi connectivity index (χ3n) is 2.22. The number of nitrogen functional groups attached to an aromatic ring is 1. The molecule has 0 spiro atoms. The van der Waals surface area contributed by atoms with Crippen LogP contribution >= 0.6 is 0 Å². The molecule has 0 aliphatic carbocycles. The molecule has 0 aliphatic heterocycles. The minimum atomic E-state index is -0.356. The van der Waals surface area contributed by atoms with Gasteiger partial charge < -0.3 is 0 Å². The topological polar surface area (TPSA) is 52.3 Å². The minimum absolute atomic E-state index is 0.0187. The number of ether oxygens (including phenoxy) is 1. The van der Waals surface area contributed by atoms with E-state index in [4.69, 9.17) is 5.73 Å². The number of carbonyl (C=O) groups is 1. The Kier molecular flexibility index (Phi) is 3.13. The zero-order valence-corrected chi connectivity index (χ0v) is 10.5. The molecule has 1 aromatic heterocycles. The molecular weight excluding hydrogens is 269 g/mol. The van der Waals surface area contributed by atoms with E-state index in [9.17, 15) is 4.79 Å². The summed E-state index contributed by atoms with van der Waals surface area (Å²) in [6, 6.07) is 11.8. The molecule has 0 saturated heterocycles. The van der Waals surface area contributed by atoms with Gasteiger partial charge in [-0.3, -0.25) is 0 Å². The van der Waals surface area contributed by atoms with Crippen molar-refractivity contribution in [2.24, 2.45) is 0 Å². The number of esters is 1. The number of rotatable bonds is 2. The van der Waals surface area contributed by atoms with Crippen molar-refractivity contribution in [2.45, 2.75) is 0 Å². The van der Waals surface area contributed by atoms with Crippen LogP contribution in [0.5, 0.6) is 0 Å². The van der Waals surface area contributed by atoms with Gasteiger partial charge in [0.25, 0.3) is 0 Å². The zero-order chi connectivity index (χ0) is 11.5. The van der Waals surface area contributed by atoms with Crippen molar-refractivity contribution in [3.05, 3.63) is 42.0 Å². The predicted molar refractivity (Wildman–Crippen MR) is 64.6 cm³/mol. The third-order valence-corrected chi connectivity index (χ3v) is 4.35. The van der Waals surface area contributed by atoms with E-state index in [0.717, 1.165) is 10.0 Å². The molecule has 0 bridgehead atoms. The van der Waals surface area contributed by atoms with Gasteiger partial charge in [0.15, 0.2) is 0 Å². The van der Waals surface area contributed by atoms with Crippen LogP contribution in [0.3, 0.4) is 0 Å². The molecule has 0 amide bonds. The van der Waals surface area contributed by atoms with Gasteiger partial charge in [-0.2, -0.15) is 0 Å². The fraction of sp³-hybridized carbons (Fsp3) is 0.0833. The first-order valence-electron chi connectivity index (χ1n) is 4.75. The van der Waals surface area contributed by atoms with Crippen LogP contribution in [-0.2, 0) is 4.74 Å². The van der Waals surface area contributed by atoms with Crippen molar-refractivity contribution in [3.63, 3.8) is 0 Å². The van der Waals surface area contributed by atoms with E-state index in [0.29, 0.717) is 10.1 Å². The van der Waals surface area contributed by atoms with Gasteiger partial charge >= 0.3 is 99.4 Å². The van der Waals surface area contributed by atoms with Gasteiger partial charge in [-0.15, -0.1) is 0 Å². The first-order valence-corrected chi connectivity index (χ1v) is 6.46. The van der Waals surface area contributed by atoms with Gasteiger partial charge in [0.1, 0.15) is 0 Å². The van der Waals surface area contributed by atoms with E-state index in [-0.39, 0.29) is 20.5 Å². The maximum absolute atomic E-state index is 11.4. The normalized spacial score (nSPS) is 10.1. The number of hydrogen-bond acceptors (Lipinski definition) is 3. The summed E-state index contributed by atoms with van der Waals surface area (Å²) < 4.78 is 6.43. The molecule has 2 N–H and O–H groups in total. The van der Waals surface area contributed by atoms with Crippen molar-refractivity contribution in [3.8, 4) is 10.0 Å². The van der Waals surface area contributed by atoms with Crippen LogP contribution in [0.15, 0.2) is 36.4 Å². The van der Waals surface area contributed by atoms with E-state index in [1.807, 2.05) is 36.4 Å². The Balaban J connectivity index is 2.42. The van der Waals surface area contributed by atoms with E-state index in [1.54, 1.807) is 0 Å². The van der Waals surface area contributed by atoms with E-state index >= 15 is 0 Å². The van der Waals surface area contributed by atoms with Gasteiger partial charge in [0, 0.05) is 0 Å². The monoisotopic (exact) mass is 281 g/mol. The number of anilines is 1. The van der Waals surface area contributed by atoms with E-state index in [2.05, 4.69) is 4.74 Å². The molecule has 0 aliphatic rings. The molecule has 2 rings (SSSR count). The molecule has 3 nitrogen and oxygen atoms in total. The summed E-state index contributed by atoms with van der Waals surface area (Å²) in [5.41, 5.74) is 7.45. The van der Waals surface area contributed by atoms with Gasteiger partial charge in [-0.1, -0.05) is 0 Å². The number of methoxy groups -OCH3 is 1. The zero-order valence-electron chi connectivity index (χ0n) is 8.77. The van der Waals surface area contributed by atoms with Crippen molar-refractivity contribution < 1.29 is 9.53 Å². The Morgan fingerprint density at radius 3 is 2.62 bits per heavy atom. The summed E-state index contributed by atoms with van der Waals surface area (Å²) in [6.45, 7) is 0. The van der Waals surface area contributed by atoms with Crippen molar-refractivity contribution in [1.82, 2.24) is 0 Å². The molecular formula is C12H11NO2Se. The first kappa shape index (κ1) is 11.0. The van der Waals surface area contributed by atoms with Crippen LogP contribution in [0.2, 0.25) is 0 Å². The molecule has 2 aromatic rings. The van der Waals surface area contributed by atoms with Crippen molar-refractivity contribution in [2.75, 3.05) is 12.8 Å². The maximum atomic E-state index is 11.4. The number of hydrogen-bond donors (Lipinski definition) is 1. The van der Waals surface area contributed by atoms with Gasteiger partial charge in [0.05, 0.1) is 0 Å². The van der Waals surface area contributed by atoms with Gasteiger partial charge in [0.2, 0.25) is 0 Å². The molecule has 0 atom stereocenters. The Bertz CT molecular complexity index is 505. The molecule has 1 heterocycles. The molecule has 0 fully saturated rings. The molecule has 0 saturated carbocycles. The summed E-state index contributed by atoms with van der Waals surface area (Å²) in [5, 5.41) is 0. The predicted octanol–water partition coefficient (Wildman–Crippen LogP) is 1.78. The quantitative estimate of drug-likeness (QED) is 0.674. The van der Waals surface area contributed by atoms with Crippen LogP contribution in [0.1, 0.15) is 10.4 Å². The van der Waals surface area contributed by atoms with E-state index in [1.165, 1.54) is 7.11 Å². The average Bonchev–Trinajstić information content (AvgIpc) is 2.71. The van der Waals surface area contributed by atoms with Gasteiger partial charge in [-0.25, -0.2) is 0 Å². The summed E-state index contributed by atoms with van der Waals surface area (Å²) in [5.74, 6) is -0.356. The Morgan fingerprint density at radius 2 is 2.00 bits per heavy atom. The Morgan fingerprint density at radius 1 is 1.31 bits per heavy atom. The number of carbonyl (C=O) groups excluding carboxylic acids is 1. The number of nitrogens with two attached hydrogens (primary N) is 1. The molecule has 82 valence electrons. The second-order valence-electron chi connectivity index (χ2n) is 3.25. The molecule has 16 heavy (non-hydrogen) atoms. The summed E-state index contributed by atoms with van der Waals surface area (Å²) >= 11 is 0.0187. The second-order valence-corrected chi connectivity index (χ2v) is 5.52. The molecule has 0 unspecified atom stereocenters. The summed E-state index contributed by atoms with van der Waals surface area (Å²) in [4.78, 5) is 11.4. The molecule has 0 radical (unpaired) electrons. The molecule has 4 heteroatoms. The fourth-order valence-corrected chi connectivity index (χ4v) is 3.35. The number of benzene rings is 1. The van der Waals surface area contributed by atoms with Crippen molar-refractivity contribution in [1.29, 1.82) is 0 Å². The fourth-order valence-electron chi connectivity index (χ4n) is 1.42. The third kappa shape index (κ3) is 2.03. The molecule has 1 aromatic carbocycles. The summed E-state index contributed by atoms with van der Waals surface area (Å²) in [6.07, 6.45) is 0. The Hall–Kier alpha value is -1.51. The average molecular weight is 280 g/mol. The van der Waals surface area contributed by atoms with E-state index < -0.39 is 0 Å². The first-order chi connectivity index (χ1) is 7.72.